The van der Waals surface area contributed by atoms with Crippen molar-refractivity contribution in [3.8, 4) is 5.75 Å². The molecule has 0 aromatic heterocycles. The Morgan fingerprint density at radius 1 is 1.20 bits per heavy atom. The van der Waals surface area contributed by atoms with E-state index in [1.807, 2.05) is 61.5 Å². The van der Waals surface area contributed by atoms with Gasteiger partial charge in [0.1, 0.15) is 5.75 Å². The largest absolute Gasteiger partial charge is 0.484 e. The van der Waals surface area contributed by atoms with Crippen LogP contribution in [0.4, 0.5) is 0 Å². The summed E-state index contributed by atoms with van der Waals surface area (Å²) in [5.74, 6) is 0.380. The Labute approximate surface area is 118 Å². The topological polar surface area (TPSA) is 50.7 Å². The molecular weight excluding hydrogens is 252 g/mol. The van der Waals surface area contributed by atoms with E-state index in [1.165, 1.54) is 0 Å². The van der Waals surface area contributed by atoms with Crippen molar-refractivity contribution in [2.75, 3.05) is 6.61 Å². The van der Waals surface area contributed by atoms with Crippen molar-refractivity contribution in [3.05, 3.63) is 65.7 Å². The number of rotatable bonds is 5. The first-order valence-electron chi connectivity index (χ1n) is 6.30. The molecule has 102 valence electrons. The summed E-state index contributed by atoms with van der Waals surface area (Å²) >= 11 is 0. The van der Waals surface area contributed by atoms with E-state index in [9.17, 15) is 4.79 Å². The van der Waals surface area contributed by atoms with Crippen LogP contribution in [0.15, 0.2) is 59.7 Å². The van der Waals surface area contributed by atoms with Crippen LogP contribution in [0.3, 0.4) is 0 Å². The highest BCUT2D eigenvalue weighted by atomic mass is 16.5. The number of hydrazone groups is 1. The van der Waals surface area contributed by atoms with Gasteiger partial charge in [-0.25, -0.2) is 5.43 Å². The van der Waals surface area contributed by atoms with E-state index in [0.717, 1.165) is 11.1 Å². The summed E-state index contributed by atoms with van der Waals surface area (Å²) in [5.41, 5.74) is 4.43. The second-order valence-electron chi connectivity index (χ2n) is 4.31. The first-order valence-corrected chi connectivity index (χ1v) is 6.30. The Bertz CT molecular complexity index is 594. The molecule has 0 unspecified atom stereocenters. The van der Waals surface area contributed by atoms with Crippen LogP contribution < -0.4 is 10.2 Å². The van der Waals surface area contributed by atoms with Crippen molar-refractivity contribution in [1.29, 1.82) is 0 Å². The number of nitrogens with zero attached hydrogens (tertiary/aromatic N) is 1. The van der Waals surface area contributed by atoms with Crippen molar-refractivity contribution in [2.45, 2.75) is 6.92 Å². The third kappa shape index (κ3) is 4.57. The average molecular weight is 268 g/mol. The van der Waals surface area contributed by atoms with Gasteiger partial charge < -0.3 is 4.74 Å². The third-order valence-electron chi connectivity index (χ3n) is 2.56. The van der Waals surface area contributed by atoms with E-state index >= 15 is 0 Å². The maximum Gasteiger partial charge on any atom is 0.277 e. The summed E-state index contributed by atoms with van der Waals surface area (Å²) in [5, 5.41) is 3.87. The van der Waals surface area contributed by atoms with E-state index in [1.54, 1.807) is 6.21 Å². The first-order chi connectivity index (χ1) is 9.74. The van der Waals surface area contributed by atoms with Gasteiger partial charge in [-0.15, -0.1) is 0 Å². The zero-order valence-electron chi connectivity index (χ0n) is 11.2. The highest BCUT2D eigenvalue weighted by Crippen LogP contribution is 2.11. The molecule has 0 atom stereocenters. The minimum Gasteiger partial charge on any atom is -0.484 e. The fourth-order valence-electron chi connectivity index (χ4n) is 1.60. The lowest BCUT2D eigenvalue weighted by atomic mass is 10.2. The molecule has 0 bridgehead atoms. The van der Waals surface area contributed by atoms with Crippen LogP contribution in [-0.4, -0.2) is 18.7 Å². The molecule has 4 nitrogen and oxygen atoms in total. The summed E-state index contributed by atoms with van der Waals surface area (Å²) in [4.78, 5) is 11.5. The first kappa shape index (κ1) is 13.8. The molecule has 0 spiro atoms. The van der Waals surface area contributed by atoms with Crippen LogP contribution in [0.5, 0.6) is 5.75 Å². The molecule has 0 saturated heterocycles. The molecule has 0 aliphatic carbocycles. The van der Waals surface area contributed by atoms with E-state index in [-0.39, 0.29) is 12.5 Å². The van der Waals surface area contributed by atoms with Crippen molar-refractivity contribution in [3.63, 3.8) is 0 Å². The second-order valence-corrected chi connectivity index (χ2v) is 4.31. The highest BCUT2D eigenvalue weighted by Gasteiger charge is 2.01. The van der Waals surface area contributed by atoms with Gasteiger partial charge in [0.25, 0.3) is 5.91 Å². The predicted molar refractivity (Wildman–Crippen MR) is 78.9 cm³/mol. The fourth-order valence-corrected chi connectivity index (χ4v) is 1.60. The summed E-state index contributed by atoms with van der Waals surface area (Å²) in [6.07, 6.45) is 1.59. The Kier molecular flexibility index (Phi) is 4.89. The third-order valence-corrected chi connectivity index (χ3v) is 2.56. The van der Waals surface area contributed by atoms with Gasteiger partial charge in [-0.1, -0.05) is 42.5 Å². The Morgan fingerprint density at radius 2 is 2.00 bits per heavy atom. The molecule has 20 heavy (non-hydrogen) atoms. The van der Waals surface area contributed by atoms with Crippen LogP contribution in [0.25, 0.3) is 0 Å². The van der Waals surface area contributed by atoms with Crippen molar-refractivity contribution in [2.24, 2.45) is 5.10 Å². The molecular formula is C16H16N2O2. The van der Waals surface area contributed by atoms with Crippen molar-refractivity contribution >= 4 is 12.1 Å². The van der Waals surface area contributed by atoms with Crippen LogP contribution in [0.2, 0.25) is 0 Å². The summed E-state index contributed by atoms with van der Waals surface area (Å²) < 4.78 is 5.37. The Balaban J connectivity index is 1.77. The molecule has 2 rings (SSSR count). The fraction of sp³-hybridized carbons (Fsp3) is 0.125. The molecule has 2 aromatic rings. The van der Waals surface area contributed by atoms with Crippen molar-refractivity contribution in [1.82, 2.24) is 5.43 Å². The Morgan fingerprint density at radius 3 is 2.75 bits per heavy atom. The van der Waals surface area contributed by atoms with Crippen LogP contribution >= 0.6 is 0 Å². The van der Waals surface area contributed by atoms with Crippen LogP contribution in [0, 0.1) is 6.92 Å². The average Bonchev–Trinajstić information content (AvgIpc) is 2.46. The molecule has 0 saturated carbocycles. The minimum absolute atomic E-state index is 0.0599. The van der Waals surface area contributed by atoms with E-state index < -0.39 is 0 Å². The van der Waals surface area contributed by atoms with E-state index in [0.29, 0.717) is 5.75 Å². The van der Waals surface area contributed by atoms with Crippen LogP contribution in [0.1, 0.15) is 11.1 Å². The lowest BCUT2D eigenvalue weighted by Crippen LogP contribution is -2.24. The number of carbonyl (C=O) groups excluding carboxylic acids is 1. The van der Waals surface area contributed by atoms with Gasteiger partial charge in [0.05, 0.1) is 6.21 Å². The molecule has 1 amide bonds. The van der Waals surface area contributed by atoms with Gasteiger partial charge in [-0.3, -0.25) is 4.79 Å². The number of nitrogens with one attached hydrogen (secondary N) is 1. The lowest BCUT2D eigenvalue weighted by Gasteiger charge is -2.05. The van der Waals surface area contributed by atoms with Gasteiger partial charge in [0.2, 0.25) is 0 Å². The normalized spacial score (nSPS) is 10.4. The molecule has 2 aromatic carbocycles. The minimum atomic E-state index is -0.293. The molecule has 0 radical (unpaired) electrons. The number of carbonyl (C=O) groups is 1. The molecule has 0 aliphatic rings. The molecule has 1 N–H and O–H groups in total. The number of aryl methyl sites for hydroxylation is 1. The molecule has 0 aliphatic heterocycles. The number of ether oxygens (including phenoxy) is 1. The predicted octanol–water partition coefficient (Wildman–Crippen LogP) is 2.52. The monoisotopic (exact) mass is 268 g/mol. The van der Waals surface area contributed by atoms with Gasteiger partial charge >= 0.3 is 0 Å². The molecule has 0 heterocycles. The maximum absolute atomic E-state index is 11.5. The number of hydrogen-bond donors (Lipinski definition) is 1. The highest BCUT2D eigenvalue weighted by molar-refractivity contribution is 5.82. The summed E-state index contributed by atoms with van der Waals surface area (Å²) in [6.45, 7) is 1.91. The SMILES string of the molecule is Cc1cccc(OCC(=O)NN=Cc2ccccc2)c1. The zero-order chi connectivity index (χ0) is 14.2. The van der Waals surface area contributed by atoms with Gasteiger partial charge in [0, 0.05) is 0 Å². The van der Waals surface area contributed by atoms with Gasteiger partial charge in [-0.05, 0) is 30.2 Å². The van der Waals surface area contributed by atoms with Gasteiger partial charge in [0.15, 0.2) is 6.61 Å². The van der Waals surface area contributed by atoms with Crippen molar-refractivity contribution < 1.29 is 9.53 Å². The second kappa shape index (κ2) is 7.09. The smallest absolute Gasteiger partial charge is 0.277 e. The van der Waals surface area contributed by atoms with Crippen LogP contribution in [-0.2, 0) is 4.79 Å². The lowest BCUT2D eigenvalue weighted by molar-refractivity contribution is -0.123. The van der Waals surface area contributed by atoms with Gasteiger partial charge in [-0.2, -0.15) is 5.10 Å². The summed E-state index contributed by atoms with van der Waals surface area (Å²) in [7, 11) is 0. The molecule has 0 fully saturated rings. The Hall–Kier alpha value is -2.62. The molecule has 4 heteroatoms. The van der Waals surface area contributed by atoms with E-state index in [2.05, 4.69) is 10.5 Å². The standard InChI is InChI=1S/C16H16N2O2/c1-13-6-5-9-15(10-13)20-12-16(19)18-17-11-14-7-3-2-4-8-14/h2-11H,12H2,1H3,(H,18,19). The number of amides is 1. The summed E-state index contributed by atoms with van der Waals surface area (Å²) in [6, 6.07) is 17.1. The van der Waals surface area contributed by atoms with E-state index in [4.69, 9.17) is 4.74 Å². The number of benzene rings is 2. The number of hydrogen-bond acceptors (Lipinski definition) is 3. The zero-order valence-corrected chi connectivity index (χ0v) is 11.2. The quantitative estimate of drug-likeness (QED) is 0.669. The maximum atomic E-state index is 11.5.